The van der Waals surface area contributed by atoms with Crippen LogP contribution in [0.1, 0.15) is 364 Å². The molecule has 0 bridgehead atoms. The van der Waals surface area contributed by atoms with Crippen molar-refractivity contribution in [1.29, 1.82) is 0 Å². The Hall–Kier alpha value is -1.94. The SMILES string of the molecule is CC(C)CCCCCCCCCCCCCCCCCCC(=O)O[C@H](COC(=O)CCCCCCCCCC(C)C)COP(=O)(O)OCC(O)COP(=O)(O)OC[C@@H](COC(=O)CCCCCCCCC(C)C)OC(=O)CCCCCCCCCCCCCC(C)C. The summed E-state index contributed by atoms with van der Waals surface area (Å²) in [4.78, 5) is 72.6. The van der Waals surface area contributed by atoms with Gasteiger partial charge in [0.25, 0.3) is 0 Å². The Bertz CT molecular complexity index is 1820. The molecule has 0 spiro atoms. The average Bonchev–Trinajstić information content (AvgIpc) is 3.65. The normalized spacial score (nSPS) is 14.2. The van der Waals surface area contributed by atoms with Gasteiger partial charge < -0.3 is 33.8 Å². The third-order valence-electron chi connectivity index (χ3n) is 16.8. The molecule has 0 heterocycles. The van der Waals surface area contributed by atoms with Crippen molar-refractivity contribution in [2.45, 2.75) is 382 Å². The minimum absolute atomic E-state index is 0.105. The molecule has 546 valence electrons. The fourth-order valence-corrected chi connectivity index (χ4v) is 12.6. The number of hydrogen-bond acceptors (Lipinski definition) is 15. The van der Waals surface area contributed by atoms with Crippen LogP contribution in [0, 0.1) is 23.7 Å². The Kier molecular flexibility index (Phi) is 61.3. The fourth-order valence-electron chi connectivity index (χ4n) is 11.0. The van der Waals surface area contributed by atoms with Crippen LogP contribution in [0.25, 0.3) is 0 Å². The van der Waals surface area contributed by atoms with Crippen LogP contribution in [0.4, 0.5) is 0 Å². The maximum absolute atomic E-state index is 13.0. The molecule has 0 aliphatic rings. The van der Waals surface area contributed by atoms with Gasteiger partial charge in [-0.1, -0.05) is 312 Å². The van der Waals surface area contributed by atoms with Crippen molar-refractivity contribution in [3.8, 4) is 0 Å². The summed E-state index contributed by atoms with van der Waals surface area (Å²) in [6.07, 6.45) is 46.1. The molecule has 0 aromatic rings. The van der Waals surface area contributed by atoms with E-state index in [0.717, 1.165) is 115 Å². The maximum Gasteiger partial charge on any atom is 0.472 e. The number of hydrogen-bond donors (Lipinski definition) is 3. The third-order valence-corrected chi connectivity index (χ3v) is 18.7. The Balaban J connectivity index is 5.20. The minimum atomic E-state index is -4.95. The predicted molar refractivity (Wildman–Crippen MR) is 372 cm³/mol. The van der Waals surface area contributed by atoms with E-state index in [1.54, 1.807) is 0 Å². The largest absolute Gasteiger partial charge is 0.472 e. The van der Waals surface area contributed by atoms with E-state index in [-0.39, 0.29) is 25.7 Å². The molecule has 0 saturated carbocycles. The van der Waals surface area contributed by atoms with Crippen LogP contribution in [-0.2, 0) is 65.4 Å². The van der Waals surface area contributed by atoms with Crippen molar-refractivity contribution in [3.63, 3.8) is 0 Å². The van der Waals surface area contributed by atoms with E-state index in [4.69, 9.17) is 37.0 Å². The first-order valence-electron chi connectivity index (χ1n) is 37.7. The molecule has 92 heavy (non-hydrogen) atoms. The number of aliphatic hydroxyl groups excluding tert-OH is 1. The molecule has 0 radical (unpaired) electrons. The molecule has 0 aromatic heterocycles. The summed E-state index contributed by atoms with van der Waals surface area (Å²) in [5, 5.41) is 10.6. The highest BCUT2D eigenvalue weighted by Gasteiger charge is 2.30. The Morgan fingerprint density at radius 1 is 0.272 bits per heavy atom. The summed E-state index contributed by atoms with van der Waals surface area (Å²) < 4.78 is 68.3. The molecule has 0 amide bonds. The zero-order chi connectivity index (χ0) is 68.2. The number of esters is 4. The fraction of sp³-hybridized carbons (Fsp3) is 0.945. The average molecular weight is 1350 g/mol. The van der Waals surface area contributed by atoms with E-state index in [0.29, 0.717) is 37.5 Å². The van der Waals surface area contributed by atoms with Crippen molar-refractivity contribution in [1.82, 2.24) is 0 Å². The second-order valence-electron chi connectivity index (χ2n) is 28.2. The maximum atomic E-state index is 13.0. The number of unbranched alkanes of at least 4 members (excludes halogenated alkanes) is 36. The molecule has 0 aliphatic carbocycles. The van der Waals surface area contributed by atoms with Crippen molar-refractivity contribution >= 4 is 39.5 Å². The number of phosphoric acid groups is 2. The molecule has 3 unspecified atom stereocenters. The van der Waals surface area contributed by atoms with Gasteiger partial charge in [-0.15, -0.1) is 0 Å². The van der Waals surface area contributed by atoms with Crippen molar-refractivity contribution in [2.24, 2.45) is 23.7 Å². The first-order valence-corrected chi connectivity index (χ1v) is 40.7. The second-order valence-corrected chi connectivity index (χ2v) is 31.1. The van der Waals surface area contributed by atoms with Gasteiger partial charge in [0.1, 0.15) is 19.3 Å². The Morgan fingerprint density at radius 2 is 0.457 bits per heavy atom. The van der Waals surface area contributed by atoms with Gasteiger partial charge in [0.05, 0.1) is 26.4 Å². The summed E-state index contributed by atoms with van der Waals surface area (Å²) in [6.45, 7) is 14.1. The van der Waals surface area contributed by atoms with Crippen LogP contribution in [-0.4, -0.2) is 96.7 Å². The first kappa shape index (κ1) is 90.1. The van der Waals surface area contributed by atoms with E-state index in [1.165, 1.54) is 154 Å². The minimum Gasteiger partial charge on any atom is -0.462 e. The summed E-state index contributed by atoms with van der Waals surface area (Å²) in [6, 6.07) is 0. The molecular weight excluding hydrogens is 1210 g/mol. The monoisotopic (exact) mass is 1350 g/mol. The van der Waals surface area contributed by atoms with Gasteiger partial charge in [-0.2, -0.15) is 0 Å². The molecular formula is C73H142O17P2. The highest BCUT2D eigenvalue weighted by atomic mass is 31.2. The van der Waals surface area contributed by atoms with E-state index >= 15 is 0 Å². The van der Waals surface area contributed by atoms with E-state index in [9.17, 15) is 43.2 Å². The van der Waals surface area contributed by atoms with E-state index < -0.39 is 97.5 Å². The van der Waals surface area contributed by atoms with Crippen molar-refractivity contribution in [2.75, 3.05) is 39.6 Å². The van der Waals surface area contributed by atoms with Crippen LogP contribution in [0.3, 0.4) is 0 Å². The lowest BCUT2D eigenvalue weighted by Gasteiger charge is -2.21. The summed E-state index contributed by atoms with van der Waals surface area (Å²) in [5.41, 5.74) is 0. The van der Waals surface area contributed by atoms with Gasteiger partial charge in [0, 0.05) is 25.7 Å². The lowest BCUT2D eigenvalue weighted by Crippen LogP contribution is -2.30. The van der Waals surface area contributed by atoms with Crippen molar-refractivity contribution in [3.05, 3.63) is 0 Å². The number of carbonyl (C=O) groups is 4. The van der Waals surface area contributed by atoms with Gasteiger partial charge in [-0.25, -0.2) is 9.13 Å². The van der Waals surface area contributed by atoms with Crippen LogP contribution in [0.5, 0.6) is 0 Å². The van der Waals surface area contributed by atoms with Gasteiger partial charge in [0.2, 0.25) is 0 Å². The quantitative estimate of drug-likeness (QED) is 0.0222. The van der Waals surface area contributed by atoms with Gasteiger partial charge in [-0.05, 0) is 49.4 Å². The molecule has 0 fully saturated rings. The van der Waals surface area contributed by atoms with Crippen LogP contribution >= 0.6 is 15.6 Å². The number of carbonyl (C=O) groups excluding carboxylic acids is 4. The van der Waals surface area contributed by atoms with Gasteiger partial charge in [-0.3, -0.25) is 37.3 Å². The third kappa shape index (κ3) is 66.7. The zero-order valence-electron chi connectivity index (χ0n) is 60.2. The van der Waals surface area contributed by atoms with E-state index in [1.807, 2.05) is 0 Å². The van der Waals surface area contributed by atoms with Crippen LogP contribution < -0.4 is 0 Å². The number of phosphoric ester groups is 2. The summed E-state index contributed by atoms with van der Waals surface area (Å²) in [5.74, 6) is 0.831. The second kappa shape index (κ2) is 62.6. The van der Waals surface area contributed by atoms with Crippen LogP contribution in [0.2, 0.25) is 0 Å². The Labute approximate surface area is 562 Å². The summed E-state index contributed by atoms with van der Waals surface area (Å²) >= 11 is 0. The number of aliphatic hydroxyl groups is 1. The standard InChI is InChI=1S/C73H142O17P2/c1-63(2)49-41-33-25-20-16-13-11-9-10-12-14-18-22-28-39-47-55-72(77)89-68(59-83-70(75)53-45-37-30-24-27-35-43-51-65(5)6)61-87-91(79,80)85-57-67(74)58-86-92(81,82)88-62-69(60-84-71(76)54-46-38-32-31-36-44-52-66(7)8)90-73(78)56-48-40-29-23-19-15-17-21-26-34-42-50-64(3)4/h63-69,74H,9-62H2,1-8H3,(H,79,80)(H,81,82)/t67?,68-,69-/m1/s1. The molecule has 0 rings (SSSR count). The number of ether oxygens (including phenoxy) is 4. The molecule has 0 aliphatic heterocycles. The van der Waals surface area contributed by atoms with Gasteiger partial charge in [0.15, 0.2) is 12.2 Å². The van der Waals surface area contributed by atoms with Crippen molar-refractivity contribution < 1.29 is 80.2 Å². The Morgan fingerprint density at radius 3 is 0.674 bits per heavy atom. The van der Waals surface area contributed by atoms with Crippen LogP contribution in [0.15, 0.2) is 0 Å². The lowest BCUT2D eigenvalue weighted by atomic mass is 10.0. The molecule has 17 nitrogen and oxygen atoms in total. The number of rotatable bonds is 70. The van der Waals surface area contributed by atoms with E-state index in [2.05, 4.69) is 55.4 Å². The molecule has 19 heteroatoms. The molecule has 0 saturated heterocycles. The first-order chi connectivity index (χ1) is 44.1. The molecule has 0 aromatic carbocycles. The predicted octanol–water partition coefficient (Wildman–Crippen LogP) is 20.9. The highest BCUT2D eigenvalue weighted by molar-refractivity contribution is 7.47. The smallest absolute Gasteiger partial charge is 0.462 e. The summed E-state index contributed by atoms with van der Waals surface area (Å²) in [7, 11) is -9.91. The van der Waals surface area contributed by atoms with Gasteiger partial charge >= 0.3 is 39.5 Å². The molecule has 3 N–H and O–H groups in total. The topological polar surface area (TPSA) is 237 Å². The highest BCUT2D eigenvalue weighted by Crippen LogP contribution is 2.45. The zero-order valence-corrected chi connectivity index (χ0v) is 62.0. The molecule has 5 atom stereocenters. The lowest BCUT2D eigenvalue weighted by molar-refractivity contribution is -0.161.